The van der Waals surface area contributed by atoms with Gasteiger partial charge in [0.25, 0.3) is 0 Å². The van der Waals surface area contributed by atoms with Crippen LogP contribution in [0.3, 0.4) is 0 Å². The molecule has 1 saturated heterocycles. The summed E-state index contributed by atoms with van der Waals surface area (Å²) >= 11 is 0. The molecule has 1 fully saturated rings. The molecule has 26 heavy (non-hydrogen) atoms. The molecule has 2 aromatic rings. The van der Waals surface area contributed by atoms with Crippen LogP contribution in [0.4, 0.5) is 0 Å². The Morgan fingerprint density at radius 3 is 2.92 bits per heavy atom. The summed E-state index contributed by atoms with van der Waals surface area (Å²) in [5.41, 5.74) is 2.56. The molecule has 0 radical (unpaired) electrons. The number of amides is 1. The molecule has 0 spiro atoms. The molecule has 1 unspecified atom stereocenters. The molecule has 0 saturated carbocycles. The van der Waals surface area contributed by atoms with Crippen molar-refractivity contribution in [3.8, 4) is 0 Å². The van der Waals surface area contributed by atoms with Gasteiger partial charge in [-0.1, -0.05) is 0 Å². The Morgan fingerprint density at radius 2 is 2.19 bits per heavy atom. The molecule has 0 bridgehead atoms. The first-order valence-corrected chi connectivity index (χ1v) is 9.20. The number of pyridine rings is 1. The summed E-state index contributed by atoms with van der Waals surface area (Å²) in [5.74, 6) is 0.137. The minimum absolute atomic E-state index is 0.0116. The Labute approximate surface area is 152 Å². The quantitative estimate of drug-likeness (QED) is 0.625. The molecule has 1 N–H and O–H groups in total. The zero-order valence-electron chi connectivity index (χ0n) is 15.0. The number of nitrogens with one attached hydrogen (secondary N) is 1. The molecule has 4 heterocycles. The number of carbonyl (C=O) groups excluding carboxylic acids is 2. The highest BCUT2D eigenvalue weighted by Crippen LogP contribution is 2.24. The Balaban J connectivity index is 1.38. The molecule has 2 aliphatic heterocycles. The highest BCUT2D eigenvalue weighted by molar-refractivity contribution is 5.97. The third-order valence-electron chi connectivity index (χ3n) is 5.23. The van der Waals surface area contributed by atoms with Gasteiger partial charge in [0, 0.05) is 42.0 Å². The number of hydrogen-bond acceptors (Lipinski definition) is 5. The number of ether oxygens (including phenoxy) is 1. The van der Waals surface area contributed by atoms with E-state index < -0.39 is 0 Å². The molecular formula is C19H24N4O3. The smallest absolute Gasteiger partial charge is 0.225 e. The van der Waals surface area contributed by atoms with Crippen molar-refractivity contribution in [2.75, 3.05) is 26.3 Å². The van der Waals surface area contributed by atoms with E-state index in [-0.39, 0.29) is 11.7 Å². The lowest BCUT2D eigenvalue weighted by Gasteiger charge is -2.29. The maximum atomic E-state index is 12.5. The summed E-state index contributed by atoms with van der Waals surface area (Å²) in [4.78, 5) is 30.3. The van der Waals surface area contributed by atoms with E-state index >= 15 is 0 Å². The van der Waals surface area contributed by atoms with E-state index in [2.05, 4.69) is 14.9 Å². The molecule has 0 aliphatic carbocycles. The van der Waals surface area contributed by atoms with Crippen LogP contribution in [0.1, 0.15) is 35.8 Å². The maximum Gasteiger partial charge on any atom is 0.225 e. The van der Waals surface area contributed by atoms with Crippen molar-refractivity contribution in [2.24, 2.45) is 0 Å². The molecule has 138 valence electrons. The van der Waals surface area contributed by atoms with Gasteiger partial charge in [0.15, 0.2) is 5.78 Å². The maximum absolute atomic E-state index is 12.5. The number of ketones is 1. The van der Waals surface area contributed by atoms with Crippen LogP contribution in [0.5, 0.6) is 0 Å². The van der Waals surface area contributed by atoms with E-state index in [1.165, 1.54) is 0 Å². The number of hydrogen-bond donors (Lipinski definition) is 1. The third-order valence-corrected chi connectivity index (χ3v) is 5.23. The topological polar surface area (TPSA) is 76.5 Å². The lowest BCUT2D eigenvalue weighted by molar-refractivity contribution is -0.133. The summed E-state index contributed by atoms with van der Waals surface area (Å²) in [6, 6.07) is 4.38. The van der Waals surface area contributed by atoms with Gasteiger partial charge < -0.3 is 19.5 Å². The van der Waals surface area contributed by atoms with Crippen LogP contribution >= 0.6 is 0 Å². The summed E-state index contributed by atoms with van der Waals surface area (Å²) in [6.07, 6.45) is 3.20. The van der Waals surface area contributed by atoms with Crippen molar-refractivity contribution in [1.82, 2.24) is 19.8 Å². The molecular weight excluding hydrogens is 332 g/mol. The van der Waals surface area contributed by atoms with Crippen LogP contribution in [-0.2, 0) is 22.6 Å². The summed E-state index contributed by atoms with van der Waals surface area (Å²) in [7, 11) is 0. The molecule has 7 nitrogen and oxygen atoms in total. The van der Waals surface area contributed by atoms with Crippen molar-refractivity contribution in [3.05, 3.63) is 29.6 Å². The van der Waals surface area contributed by atoms with E-state index in [4.69, 9.17) is 4.74 Å². The average molecular weight is 356 g/mol. The number of rotatable bonds is 6. The summed E-state index contributed by atoms with van der Waals surface area (Å²) in [6.45, 7) is 5.75. The van der Waals surface area contributed by atoms with Gasteiger partial charge in [0.1, 0.15) is 5.65 Å². The fourth-order valence-corrected chi connectivity index (χ4v) is 3.51. The fourth-order valence-electron chi connectivity index (χ4n) is 3.51. The van der Waals surface area contributed by atoms with Crippen LogP contribution in [0.15, 0.2) is 18.3 Å². The molecule has 0 aromatic carbocycles. The van der Waals surface area contributed by atoms with Gasteiger partial charge in [0.05, 0.1) is 26.2 Å². The van der Waals surface area contributed by atoms with Crippen LogP contribution < -0.4 is 5.32 Å². The first-order chi connectivity index (χ1) is 12.6. The molecule has 7 heteroatoms. The first-order valence-electron chi connectivity index (χ1n) is 9.20. The zero-order valence-corrected chi connectivity index (χ0v) is 15.0. The number of fused-ring (bicyclic) bond motifs is 3. The van der Waals surface area contributed by atoms with Gasteiger partial charge >= 0.3 is 0 Å². The second-order valence-electron chi connectivity index (χ2n) is 7.06. The number of nitrogens with zero attached hydrogens (tertiary/aromatic N) is 3. The van der Waals surface area contributed by atoms with Gasteiger partial charge in [-0.3, -0.25) is 9.59 Å². The lowest BCUT2D eigenvalue weighted by atomic mass is 10.1. The minimum atomic E-state index is 0.0116. The second-order valence-corrected chi connectivity index (χ2v) is 7.06. The molecule has 2 aromatic heterocycles. The number of aromatic nitrogens is 2. The summed E-state index contributed by atoms with van der Waals surface area (Å²) in [5, 5.41) is 4.24. The van der Waals surface area contributed by atoms with Crippen molar-refractivity contribution >= 4 is 22.7 Å². The van der Waals surface area contributed by atoms with E-state index in [9.17, 15) is 9.59 Å². The third kappa shape index (κ3) is 3.37. The highest BCUT2D eigenvalue weighted by atomic mass is 16.5. The van der Waals surface area contributed by atoms with Crippen LogP contribution in [-0.4, -0.2) is 58.5 Å². The molecule has 2 aliphatic rings. The van der Waals surface area contributed by atoms with Gasteiger partial charge in [0.2, 0.25) is 5.91 Å². The molecule has 1 amide bonds. The van der Waals surface area contributed by atoms with E-state index in [1.54, 1.807) is 13.1 Å². The first kappa shape index (κ1) is 17.2. The Kier molecular flexibility index (Phi) is 4.74. The standard InChI is InChI=1S/C19H24N4O3/c1-13(24)15-8-14-9-17-11-22(5-6-23(17)19(14)21-10-15)18(25)3-7-26-12-16-2-4-20-16/h8-10,16,20H,2-7,11-12H2,1H3. The van der Waals surface area contributed by atoms with Crippen molar-refractivity contribution in [1.29, 1.82) is 0 Å². The number of carbonyl (C=O) groups is 2. The van der Waals surface area contributed by atoms with E-state index in [0.29, 0.717) is 44.3 Å². The van der Waals surface area contributed by atoms with Gasteiger partial charge in [-0.15, -0.1) is 0 Å². The normalized spacial score (nSPS) is 19.3. The van der Waals surface area contributed by atoms with Crippen molar-refractivity contribution < 1.29 is 14.3 Å². The van der Waals surface area contributed by atoms with Crippen molar-refractivity contribution in [2.45, 2.75) is 38.9 Å². The lowest BCUT2D eigenvalue weighted by Crippen LogP contribution is -2.46. The highest BCUT2D eigenvalue weighted by Gasteiger charge is 2.23. The monoisotopic (exact) mass is 356 g/mol. The van der Waals surface area contributed by atoms with Gasteiger partial charge in [-0.2, -0.15) is 0 Å². The van der Waals surface area contributed by atoms with E-state index in [0.717, 1.165) is 36.2 Å². The van der Waals surface area contributed by atoms with E-state index in [1.807, 2.05) is 17.0 Å². The van der Waals surface area contributed by atoms with Crippen LogP contribution in [0.25, 0.3) is 11.0 Å². The SMILES string of the molecule is CC(=O)c1cnc2c(c1)cc1n2CCN(C(=O)CCOCC2CCN2)C1. The average Bonchev–Trinajstić information content (AvgIpc) is 2.96. The zero-order chi connectivity index (χ0) is 18.1. The Morgan fingerprint density at radius 1 is 1.35 bits per heavy atom. The minimum Gasteiger partial charge on any atom is -0.379 e. The van der Waals surface area contributed by atoms with Crippen molar-refractivity contribution in [3.63, 3.8) is 0 Å². The van der Waals surface area contributed by atoms with Crippen LogP contribution in [0, 0.1) is 0 Å². The van der Waals surface area contributed by atoms with Gasteiger partial charge in [-0.25, -0.2) is 4.98 Å². The predicted octanol–water partition coefficient (Wildman–Crippen LogP) is 1.35. The summed E-state index contributed by atoms with van der Waals surface area (Å²) < 4.78 is 7.74. The molecule has 4 rings (SSSR count). The number of Topliss-reactive ketones (excluding diaryl/α,β-unsaturated/α-hetero) is 1. The fraction of sp³-hybridized carbons (Fsp3) is 0.526. The Bertz CT molecular complexity index is 841. The largest absolute Gasteiger partial charge is 0.379 e. The van der Waals surface area contributed by atoms with Crippen LogP contribution in [0.2, 0.25) is 0 Å². The predicted molar refractivity (Wildman–Crippen MR) is 97.0 cm³/mol. The second kappa shape index (κ2) is 7.17. The Hall–Kier alpha value is -2.25. The molecule has 1 atom stereocenters. The van der Waals surface area contributed by atoms with Gasteiger partial charge in [-0.05, 0) is 32.0 Å².